The van der Waals surface area contributed by atoms with Crippen LogP contribution in [0.4, 0.5) is 11.6 Å². The molecule has 0 spiro atoms. The monoisotopic (exact) mass is 336 g/mol. The summed E-state index contributed by atoms with van der Waals surface area (Å²) in [5, 5.41) is 14.4. The van der Waals surface area contributed by atoms with Crippen molar-refractivity contribution in [1.82, 2.24) is 34.9 Å². The van der Waals surface area contributed by atoms with Crippen molar-refractivity contribution in [1.29, 1.82) is 0 Å². The molecule has 4 heterocycles. The number of nitrogens with zero attached hydrogens (tertiary/aromatic N) is 6. The number of aromatic amines is 1. The average Bonchev–Trinajstić information content (AvgIpc) is 3.28. The zero-order valence-electron chi connectivity index (χ0n) is 13.7. The second-order valence-corrected chi connectivity index (χ2v) is 5.43. The zero-order chi connectivity index (χ0) is 17.2. The minimum absolute atomic E-state index is 0.0614. The van der Waals surface area contributed by atoms with E-state index in [1.807, 2.05) is 25.1 Å². The molecule has 4 rings (SSSR count). The van der Waals surface area contributed by atoms with E-state index in [2.05, 4.69) is 35.6 Å². The lowest BCUT2D eigenvalue weighted by Gasteiger charge is -2.12. The van der Waals surface area contributed by atoms with Gasteiger partial charge in [0.1, 0.15) is 5.52 Å². The van der Waals surface area contributed by atoms with Crippen LogP contribution in [0.2, 0.25) is 0 Å². The first-order valence-electron chi connectivity index (χ1n) is 7.72. The summed E-state index contributed by atoms with van der Waals surface area (Å²) < 4.78 is 6.88. The van der Waals surface area contributed by atoms with E-state index >= 15 is 0 Å². The van der Waals surface area contributed by atoms with Gasteiger partial charge in [0, 0.05) is 12.3 Å². The van der Waals surface area contributed by atoms with Gasteiger partial charge in [-0.3, -0.25) is 4.98 Å². The molecule has 4 aromatic heterocycles. The fraction of sp³-hybridized carbons (Fsp3) is 0.188. The minimum atomic E-state index is -0.0614. The van der Waals surface area contributed by atoms with Crippen LogP contribution in [-0.2, 0) is 0 Å². The topological polar surface area (TPSA) is 106 Å². The smallest absolute Gasteiger partial charge is 0.210 e. The highest BCUT2D eigenvalue weighted by Gasteiger charge is 2.15. The molecule has 25 heavy (non-hydrogen) atoms. The maximum absolute atomic E-state index is 5.07. The summed E-state index contributed by atoms with van der Waals surface area (Å²) in [7, 11) is 1.57. The van der Waals surface area contributed by atoms with Gasteiger partial charge in [-0.15, -0.1) is 0 Å². The van der Waals surface area contributed by atoms with Crippen LogP contribution in [0.15, 0.2) is 42.9 Å². The fourth-order valence-corrected chi connectivity index (χ4v) is 2.52. The third-order valence-electron chi connectivity index (χ3n) is 3.82. The number of hydrogen-bond acceptors (Lipinski definition) is 7. The van der Waals surface area contributed by atoms with Crippen molar-refractivity contribution in [3.63, 3.8) is 0 Å². The Labute approximate surface area is 143 Å². The van der Waals surface area contributed by atoms with Crippen LogP contribution in [0.25, 0.3) is 11.2 Å². The van der Waals surface area contributed by atoms with E-state index in [0.717, 1.165) is 5.69 Å². The van der Waals surface area contributed by atoms with Gasteiger partial charge < -0.3 is 10.1 Å². The van der Waals surface area contributed by atoms with Gasteiger partial charge >= 0.3 is 0 Å². The number of anilines is 2. The Morgan fingerprint density at radius 1 is 1.20 bits per heavy atom. The third kappa shape index (κ3) is 2.87. The Morgan fingerprint density at radius 3 is 2.88 bits per heavy atom. The van der Waals surface area contributed by atoms with Crippen LogP contribution in [0, 0.1) is 0 Å². The molecule has 0 bridgehead atoms. The largest absolute Gasteiger partial charge is 0.481 e. The number of aromatic nitrogens is 7. The Kier molecular flexibility index (Phi) is 3.73. The summed E-state index contributed by atoms with van der Waals surface area (Å²) in [5.41, 5.74) is 2.29. The molecule has 0 aromatic carbocycles. The van der Waals surface area contributed by atoms with Gasteiger partial charge in [0.2, 0.25) is 5.88 Å². The van der Waals surface area contributed by atoms with E-state index in [-0.39, 0.29) is 6.04 Å². The van der Waals surface area contributed by atoms with Crippen molar-refractivity contribution >= 4 is 22.8 Å². The molecule has 1 unspecified atom stereocenters. The molecule has 2 N–H and O–H groups in total. The molecule has 0 saturated carbocycles. The van der Waals surface area contributed by atoms with Crippen LogP contribution in [0.1, 0.15) is 18.7 Å². The minimum Gasteiger partial charge on any atom is -0.481 e. The first kappa shape index (κ1) is 15.1. The predicted octanol–water partition coefficient (Wildman–Crippen LogP) is 2.31. The van der Waals surface area contributed by atoms with Crippen LogP contribution in [0.3, 0.4) is 0 Å². The number of rotatable bonds is 5. The highest BCUT2D eigenvalue weighted by atomic mass is 16.5. The van der Waals surface area contributed by atoms with Crippen LogP contribution in [-0.4, -0.2) is 42.0 Å². The molecule has 0 aliphatic carbocycles. The van der Waals surface area contributed by atoms with Crippen LogP contribution < -0.4 is 10.1 Å². The number of pyridine rings is 1. The van der Waals surface area contributed by atoms with E-state index in [9.17, 15) is 0 Å². The van der Waals surface area contributed by atoms with Gasteiger partial charge in [0.15, 0.2) is 17.3 Å². The molecule has 9 nitrogen and oxygen atoms in total. The lowest BCUT2D eigenvalue weighted by atomic mass is 10.2. The van der Waals surface area contributed by atoms with E-state index in [4.69, 9.17) is 4.74 Å². The molecule has 0 saturated heterocycles. The average molecular weight is 336 g/mol. The molecule has 9 heteroatoms. The van der Waals surface area contributed by atoms with Gasteiger partial charge in [0.25, 0.3) is 0 Å². The lowest BCUT2D eigenvalue weighted by molar-refractivity contribution is 0.397. The van der Waals surface area contributed by atoms with Crippen LogP contribution in [0.5, 0.6) is 5.88 Å². The first-order valence-corrected chi connectivity index (χ1v) is 7.72. The number of ether oxygens (including phenoxy) is 1. The van der Waals surface area contributed by atoms with Crippen molar-refractivity contribution in [3.8, 4) is 5.88 Å². The fourth-order valence-electron chi connectivity index (χ4n) is 2.52. The Balaban J connectivity index is 1.67. The van der Waals surface area contributed by atoms with Gasteiger partial charge in [0.05, 0.1) is 31.2 Å². The molecule has 0 aliphatic rings. The molecule has 126 valence electrons. The van der Waals surface area contributed by atoms with E-state index in [1.165, 1.54) is 0 Å². The zero-order valence-corrected chi connectivity index (χ0v) is 13.7. The molecule has 1 atom stereocenters. The Hall–Kier alpha value is -3.49. The molecule has 0 fully saturated rings. The standard InChI is InChI=1S/C16H16N8O/c1-10(11-5-3-4-6-17-11)24-16-12(8-19-24)18-9-14(21-16)20-13-7-15(25-2)23-22-13/h3-10H,1-2H3,(H2,20,21,22,23). The van der Waals surface area contributed by atoms with Gasteiger partial charge in [-0.05, 0) is 19.1 Å². The summed E-state index contributed by atoms with van der Waals surface area (Å²) in [6, 6.07) is 7.48. The van der Waals surface area contributed by atoms with Crippen molar-refractivity contribution in [2.75, 3.05) is 12.4 Å². The number of hydrogen-bond donors (Lipinski definition) is 2. The summed E-state index contributed by atoms with van der Waals surface area (Å²) >= 11 is 0. The molecular weight excluding hydrogens is 320 g/mol. The summed E-state index contributed by atoms with van der Waals surface area (Å²) in [6.07, 6.45) is 5.10. The quantitative estimate of drug-likeness (QED) is 0.576. The van der Waals surface area contributed by atoms with Gasteiger partial charge in [-0.2, -0.15) is 10.2 Å². The molecule has 0 amide bonds. The number of methoxy groups -OCH3 is 1. The molecule has 4 aromatic rings. The molecule has 0 aliphatic heterocycles. The van der Waals surface area contributed by atoms with Crippen molar-refractivity contribution in [3.05, 3.63) is 48.5 Å². The van der Waals surface area contributed by atoms with Crippen LogP contribution >= 0.6 is 0 Å². The normalized spacial score (nSPS) is 12.2. The van der Waals surface area contributed by atoms with E-state index in [1.54, 1.807) is 36.4 Å². The number of H-pyrrole nitrogens is 1. The summed E-state index contributed by atoms with van der Waals surface area (Å²) in [4.78, 5) is 13.4. The molecule has 0 radical (unpaired) electrons. The maximum Gasteiger partial charge on any atom is 0.210 e. The Bertz CT molecular complexity index is 994. The number of nitrogens with one attached hydrogen (secondary N) is 2. The maximum atomic E-state index is 5.07. The lowest BCUT2D eigenvalue weighted by Crippen LogP contribution is -2.11. The highest BCUT2D eigenvalue weighted by molar-refractivity contribution is 5.72. The summed E-state index contributed by atoms with van der Waals surface area (Å²) in [6.45, 7) is 2.02. The van der Waals surface area contributed by atoms with E-state index in [0.29, 0.717) is 28.7 Å². The van der Waals surface area contributed by atoms with E-state index < -0.39 is 0 Å². The summed E-state index contributed by atoms with van der Waals surface area (Å²) in [5.74, 6) is 1.72. The number of fused-ring (bicyclic) bond motifs is 1. The van der Waals surface area contributed by atoms with Gasteiger partial charge in [-0.1, -0.05) is 6.07 Å². The predicted molar refractivity (Wildman–Crippen MR) is 91.8 cm³/mol. The van der Waals surface area contributed by atoms with Gasteiger partial charge in [-0.25, -0.2) is 19.7 Å². The molecular formula is C16H16N8O. The SMILES string of the molecule is COc1cc(Nc2cnc3cnn(C(C)c4ccccn4)c3n2)n[nH]1. The first-order chi connectivity index (χ1) is 12.2. The van der Waals surface area contributed by atoms with Crippen molar-refractivity contribution < 1.29 is 4.74 Å². The third-order valence-corrected chi connectivity index (χ3v) is 3.82. The highest BCUT2D eigenvalue weighted by Crippen LogP contribution is 2.22. The van der Waals surface area contributed by atoms with Crippen molar-refractivity contribution in [2.45, 2.75) is 13.0 Å². The second kappa shape index (κ2) is 6.19. The Morgan fingerprint density at radius 2 is 2.12 bits per heavy atom. The van der Waals surface area contributed by atoms with Crippen molar-refractivity contribution in [2.24, 2.45) is 0 Å². The second-order valence-electron chi connectivity index (χ2n) is 5.43.